The SMILES string of the molecule is COCCNC(=O)[C@@H]1CCO[C@@H]2CCN(C(C)=O)C[C@H]21. The Morgan fingerprint density at radius 1 is 1.40 bits per heavy atom. The Kier molecular flexibility index (Phi) is 5.37. The number of hydrogen-bond donors (Lipinski definition) is 1. The maximum Gasteiger partial charge on any atom is 0.223 e. The quantitative estimate of drug-likeness (QED) is 0.739. The van der Waals surface area contributed by atoms with Crippen molar-refractivity contribution in [1.82, 2.24) is 10.2 Å². The minimum atomic E-state index is -0.0623. The number of nitrogens with zero attached hydrogens (tertiary/aromatic N) is 1. The molecule has 2 fully saturated rings. The van der Waals surface area contributed by atoms with Gasteiger partial charge in [-0.25, -0.2) is 0 Å². The van der Waals surface area contributed by atoms with Crippen molar-refractivity contribution < 1.29 is 19.1 Å². The van der Waals surface area contributed by atoms with Crippen molar-refractivity contribution in [3.63, 3.8) is 0 Å². The molecule has 0 unspecified atom stereocenters. The van der Waals surface area contributed by atoms with Crippen molar-refractivity contribution in [3.8, 4) is 0 Å². The van der Waals surface area contributed by atoms with Crippen molar-refractivity contribution in [1.29, 1.82) is 0 Å². The predicted octanol–water partition coefficient (Wildman–Crippen LogP) is 0.0225. The van der Waals surface area contributed by atoms with Crippen LogP contribution < -0.4 is 5.32 Å². The molecule has 2 amide bonds. The third kappa shape index (κ3) is 3.49. The summed E-state index contributed by atoms with van der Waals surface area (Å²) in [5.41, 5.74) is 0. The Morgan fingerprint density at radius 3 is 2.90 bits per heavy atom. The molecule has 2 heterocycles. The third-order valence-corrected chi connectivity index (χ3v) is 4.26. The van der Waals surface area contributed by atoms with E-state index in [-0.39, 0.29) is 29.8 Å². The van der Waals surface area contributed by atoms with E-state index in [1.54, 1.807) is 14.0 Å². The van der Waals surface area contributed by atoms with Crippen molar-refractivity contribution in [2.75, 3.05) is 40.0 Å². The second-order valence-electron chi connectivity index (χ2n) is 5.51. The molecule has 2 aliphatic heterocycles. The molecule has 2 aliphatic rings. The zero-order valence-corrected chi connectivity index (χ0v) is 12.3. The standard InChI is InChI=1S/C14H24N2O4/c1-10(17)16-6-3-13-12(9-16)11(4-7-20-13)14(18)15-5-8-19-2/h11-13H,3-9H2,1-2H3,(H,15,18)/t11-,12+,13-/m1/s1. The van der Waals surface area contributed by atoms with E-state index in [0.29, 0.717) is 26.3 Å². The van der Waals surface area contributed by atoms with Gasteiger partial charge in [0.15, 0.2) is 0 Å². The minimum Gasteiger partial charge on any atom is -0.383 e. The zero-order valence-electron chi connectivity index (χ0n) is 12.3. The van der Waals surface area contributed by atoms with Gasteiger partial charge in [-0.2, -0.15) is 0 Å². The monoisotopic (exact) mass is 284 g/mol. The molecular weight excluding hydrogens is 260 g/mol. The molecule has 0 aromatic carbocycles. The topological polar surface area (TPSA) is 67.9 Å². The van der Waals surface area contributed by atoms with Crippen molar-refractivity contribution in [2.24, 2.45) is 11.8 Å². The smallest absolute Gasteiger partial charge is 0.223 e. The molecule has 1 N–H and O–H groups in total. The molecule has 114 valence electrons. The Balaban J connectivity index is 1.96. The first-order valence-electron chi connectivity index (χ1n) is 7.27. The van der Waals surface area contributed by atoms with E-state index >= 15 is 0 Å². The van der Waals surface area contributed by atoms with Crippen LogP contribution in [0, 0.1) is 11.8 Å². The summed E-state index contributed by atoms with van der Waals surface area (Å²) in [5.74, 6) is 0.190. The maximum atomic E-state index is 12.3. The van der Waals surface area contributed by atoms with E-state index in [1.165, 1.54) is 0 Å². The first kappa shape index (κ1) is 15.3. The number of methoxy groups -OCH3 is 1. The van der Waals surface area contributed by atoms with Crippen molar-refractivity contribution >= 4 is 11.8 Å². The fraction of sp³-hybridized carbons (Fsp3) is 0.857. The number of rotatable bonds is 4. The van der Waals surface area contributed by atoms with Crippen LogP contribution in [-0.2, 0) is 19.1 Å². The molecule has 0 bridgehead atoms. The van der Waals surface area contributed by atoms with Gasteiger partial charge in [0.2, 0.25) is 11.8 Å². The molecule has 0 radical (unpaired) electrons. The Bertz CT molecular complexity index is 361. The average molecular weight is 284 g/mol. The second kappa shape index (κ2) is 7.04. The van der Waals surface area contributed by atoms with Crippen LogP contribution in [0.15, 0.2) is 0 Å². The molecule has 0 saturated carbocycles. The summed E-state index contributed by atoms with van der Waals surface area (Å²) in [4.78, 5) is 25.6. The number of piperidine rings is 1. The Morgan fingerprint density at radius 2 is 2.20 bits per heavy atom. The molecular formula is C14H24N2O4. The highest BCUT2D eigenvalue weighted by Crippen LogP contribution is 2.33. The summed E-state index contributed by atoms with van der Waals surface area (Å²) in [6.45, 7) is 4.61. The Labute approximate surface area is 119 Å². The number of fused-ring (bicyclic) bond motifs is 1. The average Bonchev–Trinajstić information content (AvgIpc) is 2.46. The summed E-state index contributed by atoms with van der Waals surface area (Å²) >= 11 is 0. The number of nitrogens with one attached hydrogen (secondary N) is 1. The fourth-order valence-corrected chi connectivity index (χ4v) is 3.13. The molecule has 2 rings (SSSR count). The maximum absolute atomic E-state index is 12.3. The van der Waals surface area contributed by atoms with Gasteiger partial charge in [-0.05, 0) is 12.8 Å². The highest BCUT2D eigenvalue weighted by atomic mass is 16.5. The van der Waals surface area contributed by atoms with Crippen LogP contribution in [0.5, 0.6) is 0 Å². The molecule has 2 saturated heterocycles. The van der Waals surface area contributed by atoms with Gasteiger partial charge in [-0.3, -0.25) is 9.59 Å². The summed E-state index contributed by atoms with van der Waals surface area (Å²) in [6, 6.07) is 0. The lowest BCUT2D eigenvalue weighted by Gasteiger charge is -2.44. The summed E-state index contributed by atoms with van der Waals surface area (Å²) in [7, 11) is 1.61. The predicted molar refractivity (Wildman–Crippen MR) is 73.1 cm³/mol. The van der Waals surface area contributed by atoms with Crippen molar-refractivity contribution in [2.45, 2.75) is 25.9 Å². The molecule has 0 aliphatic carbocycles. The first-order chi connectivity index (χ1) is 9.63. The van der Waals surface area contributed by atoms with Gasteiger partial charge in [0, 0.05) is 52.1 Å². The first-order valence-corrected chi connectivity index (χ1v) is 7.27. The van der Waals surface area contributed by atoms with Crippen LogP contribution in [0.2, 0.25) is 0 Å². The van der Waals surface area contributed by atoms with Crippen LogP contribution in [-0.4, -0.2) is 62.8 Å². The van der Waals surface area contributed by atoms with Crippen LogP contribution in [0.25, 0.3) is 0 Å². The van der Waals surface area contributed by atoms with E-state index in [1.807, 2.05) is 4.90 Å². The molecule has 0 aromatic heterocycles. The zero-order chi connectivity index (χ0) is 14.5. The van der Waals surface area contributed by atoms with Crippen LogP contribution in [0.3, 0.4) is 0 Å². The van der Waals surface area contributed by atoms with Crippen LogP contribution in [0.1, 0.15) is 19.8 Å². The number of likely N-dealkylation sites (tertiary alicyclic amines) is 1. The Hall–Kier alpha value is -1.14. The van der Waals surface area contributed by atoms with Gasteiger partial charge in [-0.1, -0.05) is 0 Å². The number of ether oxygens (including phenoxy) is 2. The van der Waals surface area contributed by atoms with Gasteiger partial charge < -0.3 is 19.7 Å². The van der Waals surface area contributed by atoms with E-state index in [9.17, 15) is 9.59 Å². The largest absolute Gasteiger partial charge is 0.383 e. The molecule has 0 aromatic rings. The molecule has 3 atom stereocenters. The molecule has 0 spiro atoms. The van der Waals surface area contributed by atoms with Gasteiger partial charge >= 0.3 is 0 Å². The number of carbonyl (C=O) groups is 2. The number of carbonyl (C=O) groups excluding carboxylic acids is 2. The fourth-order valence-electron chi connectivity index (χ4n) is 3.13. The third-order valence-electron chi connectivity index (χ3n) is 4.26. The molecule has 6 heteroatoms. The van der Waals surface area contributed by atoms with Gasteiger partial charge in [0.1, 0.15) is 0 Å². The van der Waals surface area contributed by atoms with E-state index < -0.39 is 0 Å². The lowest BCUT2D eigenvalue weighted by Crippen LogP contribution is -2.54. The van der Waals surface area contributed by atoms with E-state index in [0.717, 1.165) is 19.4 Å². The van der Waals surface area contributed by atoms with Crippen LogP contribution in [0.4, 0.5) is 0 Å². The molecule has 6 nitrogen and oxygen atoms in total. The van der Waals surface area contributed by atoms with E-state index in [2.05, 4.69) is 5.32 Å². The molecule has 20 heavy (non-hydrogen) atoms. The lowest BCUT2D eigenvalue weighted by molar-refractivity contribution is -0.149. The van der Waals surface area contributed by atoms with Gasteiger partial charge in [0.25, 0.3) is 0 Å². The van der Waals surface area contributed by atoms with Gasteiger partial charge in [-0.15, -0.1) is 0 Å². The van der Waals surface area contributed by atoms with Crippen LogP contribution >= 0.6 is 0 Å². The lowest BCUT2D eigenvalue weighted by atomic mass is 9.79. The number of hydrogen-bond acceptors (Lipinski definition) is 4. The highest BCUT2D eigenvalue weighted by molar-refractivity contribution is 5.79. The minimum absolute atomic E-state index is 0.0609. The summed E-state index contributed by atoms with van der Waals surface area (Å²) < 4.78 is 10.7. The van der Waals surface area contributed by atoms with Crippen molar-refractivity contribution in [3.05, 3.63) is 0 Å². The highest BCUT2D eigenvalue weighted by Gasteiger charge is 2.42. The number of amides is 2. The normalized spacial score (nSPS) is 29.7. The summed E-state index contributed by atoms with van der Waals surface area (Å²) in [5, 5.41) is 2.91. The van der Waals surface area contributed by atoms with Gasteiger partial charge in [0.05, 0.1) is 12.7 Å². The van der Waals surface area contributed by atoms with E-state index in [4.69, 9.17) is 9.47 Å². The second-order valence-corrected chi connectivity index (χ2v) is 5.51. The summed E-state index contributed by atoms with van der Waals surface area (Å²) in [6.07, 6.45) is 1.66.